The van der Waals surface area contributed by atoms with Crippen LogP contribution in [0.25, 0.3) is 21.8 Å². The van der Waals surface area contributed by atoms with Crippen molar-refractivity contribution in [1.82, 2.24) is 14.1 Å². The summed E-state index contributed by atoms with van der Waals surface area (Å²) in [7, 11) is 1.62. The summed E-state index contributed by atoms with van der Waals surface area (Å²) in [6.07, 6.45) is 0.638. The van der Waals surface area contributed by atoms with Crippen molar-refractivity contribution >= 4 is 33.4 Å². The number of aromatic nitrogens is 3. The topological polar surface area (TPSA) is 94.0 Å². The summed E-state index contributed by atoms with van der Waals surface area (Å²) < 4.78 is 8.38. The minimum Gasteiger partial charge on any atom is -0.493 e. The van der Waals surface area contributed by atoms with Gasteiger partial charge in [0.25, 0.3) is 11.5 Å². The van der Waals surface area contributed by atoms with Crippen LogP contribution in [-0.4, -0.2) is 32.9 Å². The minimum absolute atomic E-state index is 0.0384. The Balaban J connectivity index is 1.85. The highest BCUT2D eigenvalue weighted by atomic mass is 16.5. The van der Waals surface area contributed by atoms with Gasteiger partial charge in [-0.25, -0.2) is 4.98 Å². The number of benzene rings is 2. The Bertz CT molecular complexity index is 1290. The Kier molecular flexibility index (Phi) is 5.58. The molecule has 4 aromatic rings. The van der Waals surface area contributed by atoms with E-state index < -0.39 is 0 Å². The van der Waals surface area contributed by atoms with Crippen LogP contribution in [0.15, 0.2) is 63.6 Å². The van der Waals surface area contributed by atoms with Crippen LogP contribution in [0.5, 0.6) is 5.88 Å². The molecule has 4 rings (SSSR count). The van der Waals surface area contributed by atoms with Crippen molar-refractivity contribution < 1.29 is 9.84 Å². The number of ether oxygens (including phenoxy) is 1. The molecule has 0 amide bonds. The van der Waals surface area contributed by atoms with Crippen LogP contribution in [-0.2, 0) is 17.8 Å². The van der Waals surface area contributed by atoms with Crippen LogP contribution < -0.4 is 5.56 Å². The molecule has 2 aromatic heterocycles. The Hall–Kier alpha value is -3.52. The molecule has 8 heteroatoms. The molecular formula is C22H23N5O3. The second kappa shape index (κ2) is 8.46. The fraction of sp³-hybridized carbons (Fsp3) is 0.273. The number of aromatic hydroxyl groups is 1. The lowest BCUT2D eigenvalue weighted by molar-refractivity contribution is 0.190. The van der Waals surface area contributed by atoms with Crippen molar-refractivity contribution in [3.8, 4) is 5.88 Å². The maximum absolute atomic E-state index is 13.0. The minimum atomic E-state index is -0.175. The molecule has 0 aliphatic carbocycles. The van der Waals surface area contributed by atoms with Crippen LogP contribution in [0.4, 0.5) is 11.6 Å². The van der Waals surface area contributed by atoms with Crippen molar-refractivity contribution in [3.63, 3.8) is 0 Å². The van der Waals surface area contributed by atoms with Crippen molar-refractivity contribution in [3.05, 3.63) is 58.9 Å². The molecule has 1 N–H and O–H groups in total. The van der Waals surface area contributed by atoms with E-state index >= 15 is 0 Å². The first-order valence-electron chi connectivity index (χ1n) is 9.86. The van der Waals surface area contributed by atoms with Gasteiger partial charge in [-0.05, 0) is 31.5 Å². The van der Waals surface area contributed by atoms with Gasteiger partial charge in [0.1, 0.15) is 0 Å². The molecule has 154 valence electrons. The predicted molar refractivity (Wildman–Crippen MR) is 116 cm³/mol. The van der Waals surface area contributed by atoms with Crippen molar-refractivity contribution in [2.24, 2.45) is 10.2 Å². The molecule has 30 heavy (non-hydrogen) atoms. The predicted octanol–water partition coefficient (Wildman–Crippen LogP) is 4.53. The van der Waals surface area contributed by atoms with Gasteiger partial charge in [-0.15, -0.1) is 10.2 Å². The molecule has 0 fully saturated rings. The molecule has 0 saturated carbocycles. The highest BCUT2D eigenvalue weighted by molar-refractivity contribution is 5.95. The molecule has 0 aliphatic heterocycles. The standard InChI is InChI=1S/C22H23N5O3/c1-3-26-18-12-7-5-10-16(18)19(21(26)29)24-25-22-23-17-11-6-4-9-15(17)20(28)27(22)13-8-14-30-2/h4-7,9-12,29H,3,8,13-14H2,1-2H3. The lowest BCUT2D eigenvalue weighted by Gasteiger charge is -2.09. The van der Waals surface area contributed by atoms with Crippen LogP contribution in [0, 0.1) is 0 Å². The number of para-hydroxylation sites is 2. The number of fused-ring (bicyclic) bond motifs is 2. The summed E-state index contributed by atoms with van der Waals surface area (Å²) in [5.74, 6) is 0.235. The Morgan fingerprint density at radius 1 is 1.03 bits per heavy atom. The van der Waals surface area contributed by atoms with Gasteiger partial charge in [0, 0.05) is 32.2 Å². The zero-order valence-electron chi connectivity index (χ0n) is 16.9. The molecule has 0 unspecified atom stereocenters. The molecule has 8 nitrogen and oxygen atoms in total. The molecule has 0 bridgehead atoms. The van der Waals surface area contributed by atoms with E-state index in [1.165, 1.54) is 4.57 Å². The third-order valence-corrected chi connectivity index (χ3v) is 5.04. The SMILES string of the molecule is CCn1c(O)c(N=Nc2nc3ccccc3c(=O)n2CCCOC)c2ccccc21. The van der Waals surface area contributed by atoms with Crippen LogP contribution in [0.3, 0.4) is 0 Å². The average Bonchev–Trinajstić information content (AvgIpc) is 3.04. The van der Waals surface area contributed by atoms with E-state index in [0.717, 1.165) is 10.9 Å². The Labute approximate surface area is 173 Å². The van der Waals surface area contributed by atoms with Gasteiger partial charge in [0.2, 0.25) is 5.88 Å². The van der Waals surface area contributed by atoms with Crippen molar-refractivity contribution in [1.29, 1.82) is 0 Å². The maximum Gasteiger partial charge on any atom is 0.262 e. The molecule has 0 spiro atoms. The van der Waals surface area contributed by atoms with Crippen LogP contribution in [0.1, 0.15) is 13.3 Å². The Morgan fingerprint density at radius 3 is 2.53 bits per heavy atom. The summed E-state index contributed by atoms with van der Waals surface area (Å²) in [4.78, 5) is 17.6. The van der Waals surface area contributed by atoms with Gasteiger partial charge in [-0.1, -0.05) is 30.3 Å². The number of nitrogens with zero attached hydrogens (tertiary/aromatic N) is 5. The van der Waals surface area contributed by atoms with Crippen LogP contribution >= 0.6 is 0 Å². The number of hydrogen-bond acceptors (Lipinski definition) is 6. The number of azo groups is 1. The van der Waals surface area contributed by atoms with Gasteiger partial charge in [-0.2, -0.15) is 0 Å². The molecule has 0 radical (unpaired) electrons. The monoisotopic (exact) mass is 405 g/mol. The van der Waals surface area contributed by atoms with E-state index in [9.17, 15) is 9.90 Å². The first kappa shape index (κ1) is 19.8. The zero-order chi connectivity index (χ0) is 21.1. The summed E-state index contributed by atoms with van der Waals surface area (Å²) >= 11 is 0. The molecular weight excluding hydrogens is 382 g/mol. The van der Waals surface area contributed by atoms with Crippen LogP contribution in [0.2, 0.25) is 0 Å². The summed E-state index contributed by atoms with van der Waals surface area (Å²) in [6, 6.07) is 14.8. The number of rotatable bonds is 7. The fourth-order valence-corrected chi connectivity index (χ4v) is 3.59. The molecule has 0 atom stereocenters. The Morgan fingerprint density at radius 2 is 1.77 bits per heavy atom. The first-order valence-corrected chi connectivity index (χ1v) is 9.86. The van der Waals surface area contributed by atoms with E-state index in [1.807, 2.05) is 43.3 Å². The highest BCUT2D eigenvalue weighted by Crippen LogP contribution is 2.39. The highest BCUT2D eigenvalue weighted by Gasteiger charge is 2.16. The van der Waals surface area contributed by atoms with E-state index in [4.69, 9.17) is 4.74 Å². The van der Waals surface area contributed by atoms with Gasteiger partial charge in [0.15, 0.2) is 5.69 Å². The summed E-state index contributed by atoms with van der Waals surface area (Å²) in [6.45, 7) is 3.46. The summed E-state index contributed by atoms with van der Waals surface area (Å²) in [5.41, 5.74) is 1.61. The second-order valence-electron chi connectivity index (χ2n) is 6.87. The lowest BCUT2D eigenvalue weighted by Crippen LogP contribution is -2.22. The van der Waals surface area contributed by atoms with Gasteiger partial charge >= 0.3 is 0 Å². The van der Waals surface area contributed by atoms with Gasteiger partial charge < -0.3 is 14.4 Å². The molecule has 0 aliphatic rings. The fourth-order valence-electron chi connectivity index (χ4n) is 3.59. The normalized spacial score (nSPS) is 11.8. The summed E-state index contributed by atoms with van der Waals surface area (Å²) in [5, 5.41) is 20.6. The largest absolute Gasteiger partial charge is 0.493 e. The first-order chi connectivity index (χ1) is 14.7. The lowest BCUT2D eigenvalue weighted by atomic mass is 10.2. The number of hydrogen-bond donors (Lipinski definition) is 1. The third kappa shape index (κ3) is 3.46. The van der Waals surface area contributed by atoms with E-state index in [0.29, 0.717) is 42.7 Å². The second-order valence-corrected chi connectivity index (χ2v) is 6.87. The van der Waals surface area contributed by atoms with Crippen molar-refractivity contribution in [2.75, 3.05) is 13.7 Å². The quantitative estimate of drug-likeness (QED) is 0.361. The average molecular weight is 405 g/mol. The van der Waals surface area contributed by atoms with E-state index in [1.54, 1.807) is 23.8 Å². The van der Waals surface area contributed by atoms with E-state index in [-0.39, 0.29) is 17.4 Å². The number of aryl methyl sites for hydroxylation is 1. The molecule has 0 saturated heterocycles. The van der Waals surface area contributed by atoms with Crippen molar-refractivity contribution in [2.45, 2.75) is 26.4 Å². The number of methoxy groups -OCH3 is 1. The van der Waals surface area contributed by atoms with E-state index in [2.05, 4.69) is 15.2 Å². The van der Waals surface area contributed by atoms with Gasteiger partial charge in [-0.3, -0.25) is 9.36 Å². The third-order valence-electron chi connectivity index (χ3n) is 5.04. The zero-order valence-corrected chi connectivity index (χ0v) is 16.9. The maximum atomic E-state index is 13.0. The molecule has 2 heterocycles. The van der Waals surface area contributed by atoms with Gasteiger partial charge in [0.05, 0.1) is 16.4 Å². The smallest absolute Gasteiger partial charge is 0.262 e. The molecule has 2 aromatic carbocycles.